The highest BCUT2D eigenvalue weighted by atomic mass is 16.2. The lowest BCUT2D eigenvalue weighted by atomic mass is 9.98. The van der Waals surface area contributed by atoms with Crippen LogP contribution in [-0.2, 0) is 16.6 Å². The molecule has 2 heterocycles. The highest BCUT2D eigenvalue weighted by Gasteiger charge is 2.25. The van der Waals surface area contributed by atoms with Crippen molar-refractivity contribution < 1.29 is 9.59 Å². The lowest BCUT2D eigenvalue weighted by Gasteiger charge is -2.21. The molecule has 0 saturated carbocycles. The first kappa shape index (κ1) is 10.6. The van der Waals surface area contributed by atoms with Crippen LogP contribution in [-0.4, -0.2) is 33.1 Å². The van der Waals surface area contributed by atoms with Crippen LogP contribution in [0.2, 0.25) is 0 Å². The molecule has 1 aliphatic rings. The summed E-state index contributed by atoms with van der Waals surface area (Å²) in [5.74, 6) is 0.107. The van der Waals surface area contributed by atoms with Crippen molar-refractivity contribution in [2.24, 2.45) is 13.0 Å². The molecule has 1 unspecified atom stereocenters. The van der Waals surface area contributed by atoms with Crippen LogP contribution in [0.25, 0.3) is 0 Å². The molecule has 1 atom stereocenters. The van der Waals surface area contributed by atoms with Crippen molar-refractivity contribution in [3.05, 3.63) is 6.33 Å². The van der Waals surface area contributed by atoms with E-state index in [4.69, 9.17) is 0 Å². The molecular formula is C9H13N5O2. The van der Waals surface area contributed by atoms with E-state index in [0.717, 1.165) is 0 Å². The lowest BCUT2D eigenvalue weighted by Crippen LogP contribution is -2.40. The number of aryl methyl sites for hydroxylation is 1. The van der Waals surface area contributed by atoms with Crippen molar-refractivity contribution in [3.8, 4) is 0 Å². The summed E-state index contributed by atoms with van der Waals surface area (Å²) >= 11 is 0. The van der Waals surface area contributed by atoms with Gasteiger partial charge < -0.3 is 5.32 Å². The highest BCUT2D eigenvalue weighted by molar-refractivity contribution is 5.92. The maximum Gasteiger partial charge on any atom is 0.231 e. The minimum absolute atomic E-state index is 0.00251. The van der Waals surface area contributed by atoms with Gasteiger partial charge in [-0.15, -0.1) is 0 Å². The predicted octanol–water partition coefficient (Wildman–Crippen LogP) is -0.720. The van der Waals surface area contributed by atoms with Crippen molar-refractivity contribution in [3.63, 3.8) is 0 Å². The third kappa shape index (κ3) is 2.18. The summed E-state index contributed by atoms with van der Waals surface area (Å²) in [6.45, 7) is 0.391. The molecule has 2 amide bonds. The van der Waals surface area contributed by atoms with E-state index >= 15 is 0 Å². The van der Waals surface area contributed by atoms with E-state index in [1.165, 1.54) is 11.0 Å². The summed E-state index contributed by atoms with van der Waals surface area (Å²) in [5.41, 5.74) is 0. The molecule has 0 spiro atoms. The quantitative estimate of drug-likeness (QED) is 0.692. The number of hydrogen-bond donors (Lipinski definition) is 2. The van der Waals surface area contributed by atoms with E-state index in [9.17, 15) is 9.59 Å². The Hall–Kier alpha value is -1.92. The fraction of sp³-hybridized carbons (Fsp3) is 0.556. The second-order valence-electron chi connectivity index (χ2n) is 3.74. The van der Waals surface area contributed by atoms with Crippen LogP contribution >= 0.6 is 0 Å². The summed E-state index contributed by atoms with van der Waals surface area (Å²) in [6, 6.07) is 0. The van der Waals surface area contributed by atoms with Gasteiger partial charge in [0.05, 0.1) is 5.92 Å². The second kappa shape index (κ2) is 4.30. The van der Waals surface area contributed by atoms with Crippen LogP contribution < -0.4 is 10.6 Å². The highest BCUT2D eigenvalue weighted by Crippen LogP contribution is 2.12. The first-order chi connectivity index (χ1) is 7.66. The van der Waals surface area contributed by atoms with Crippen LogP contribution in [0.3, 0.4) is 0 Å². The molecule has 1 fully saturated rings. The van der Waals surface area contributed by atoms with E-state index in [0.29, 0.717) is 25.3 Å². The van der Waals surface area contributed by atoms with Gasteiger partial charge >= 0.3 is 0 Å². The van der Waals surface area contributed by atoms with Gasteiger partial charge in [0.2, 0.25) is 17.8 Å². The molecule has 7 nitrogen and oxygen atoms in total. The number of hydrogen-bond acceptors (Lipinski definition) is 4. The number of aromatic nitrogens is 3. The number of carbonyl (C=O) groups is 2. The first-order valence-corrected chi connectivity index (χ1v) is 5.08. The van der Waals surface area contributed by atoms with Crippen molar-refractivity contribution in [1.29, 1.82) is 0 Å². The van der Waals surface area contributed by atoms with Crippen LogP contribution in [0.4, 0.5) is 5.95 Å². The van der Waals surface area contributed by atoms with E-state index in [-0.39, 0.29) is 17.7 Å². The number of nitrogens with one attached hydrogen (secondary N) is 2. The molecule has 7 heteroatoms. The number of carbonyl (C=O) groups excluding carboxylic acids is 2. The largest absolute Gasteiger partial charge is 0.355 e. The molecular weight excluding hydrogens is 210 g/mol. The first-order valence-electron chi connectivity index (χ1n) is 5.08. The van der Waals surface area contributed by atoms with Crippen molar-refractivity contribution in [2.75, 3.05) is 11.9 Å². The van der Waals surface area contributed by atoms with Crippen LogP contribution in [0.1, 0.15) is 12.8 Å². The van der Waals surface area contributed by atoms with Crippen LogP contribution in [0.15, 0.2) is 6.33 Å². The molecule has 2 rings (SSSR count). The minimum atomic E-state index is -0.186. The fourth-order valence-electron chi connectivity index (χ4n) is 1.58. The summed E-state index contributed by atoms with van der Waals surface area (Å²) in [6.07, 6.45) is 2.35. The number of nitrogens with zero attached hydrogens (tertiary/aromatic N) is 3. The molecule has 0 bridgehead atoms. The van der Waals surface area contributed by atoms with Gasteiger partial charge in [0, 0.05) is 20.0 Å². The van der Waals surface area contributed by atoms with E-state index in [1.807, 2.05) is 0 Å². The van der Waals surface area contributed by atoms with Crippen LogP contribution in [0.5, 0.6) is 0 Å². The Labute approximate surface area is 92.2 Å². The van der Waals surface area contributed by atoms with Gasteiger partial charge in [-0.05, 0) is 6.42 Å². The third-order valence-corrected chi connectivity index (χ3v) is 2.58. The molecule has 0 radical (unpaired) electrons. The van der Waals surface area contributed by atoms with Gasteiger partial charge in [0.15, 0.2) is 0 Å². The smallest absolute Gasteiger partial charge is 0.231 e. The molecule has 1 aromatic rings. The Bertz CT molecular complexity index is 404. The van der Waals surface area contributed by atoms with Crippen LogP contribution in [0, 0.1) is 5.92 Å². The summed E-state index contributed by atoms with van der Waals surface area (Å²) in [5, 5.41) is 9.19. The van der Waals surface area contributed by atoms with E-state index in [2.05, 4.69) is 20.7 Å². The Morgan fingerprint density at radius 2 is 2.50 bits per heavy atom. The zero-order valence-electron chi connectivity index (χ0n) is 8.93. The SMILES string of the molecule is Cn1ncnc1NC(=O)C1CCC(=O)NC1. The van der Waals surface area contributed by atoms with Gasteiger partial charge in [-0.25, -0.2) is 4.68 Å². The van der Waals surface area contributed by atoms with E-state index in [1.54, 1.807) is 7.05 Å². The second-order valence-corrected chi connectivity index (χ2v) is 3.74. The standard InChI is InChI=1S/C9H13N5O2/c1-14-9(11-5-12-14)13-8(16)6-2-3-7(15)10-4-6/h5-6H,2-4H2,1H3,(H,10,15)(H,11,12,13,16). The summed E-state index contributed by atoms with van der Waals surface area (Å²) in [7, 11) is 1.70. The Morgan fingerprint density at radius 1 is 1.69 bits per heavy atom. The van der Waals surface area contributed by atoms with Crippen molar-refractivity contribution in [2.45, 2.75) is 12.8 Å². The Balaban J connectivity index is 1.93. The molecule has 1 saturated heterocycles. The summed E-state index contributed by atoms with van der Waals surface area (Å²) < 4.78 is 1.49. The molecule has 86 valence electrons. The molecule has 1 aromatic heterocycles. The van der Waals surface area contributed by atoms with Gasteiger partial charge in [-0.3, -0.25) is 14.9 Å². The average molecular weight is 223 g/mol. The fourth-order valence-corrected chi connectivity index (χ4v) is 1.58. The normalized spacial score (nSPS) is 20.3. The predicted molar refractivity (Wildman–Crippen MR) is 55.4 cm³/mol. The Kier molecular flexibility index (Phi) is 2.84. The van der Waals surface area contributed by atoms with Gasteiger partial charge in [0.25, 0.3) is 0 Å². The molecule has 16 heavy (non-hydrogen) atoms. The monoisotopic (exact) mass is 223 g/mol. The molecule has 1 aliphatic heterocycles. The van der Waals surface area contributed by atoms with Gasteiger partial charge in [0.1, 0.15) is 6.33 Å². The number of amides is 2. The average Bonchev–Trinajstić information content (AvgIpc) is 2.65. The maximum atomic E-state index is 11.8. The molecule has 0 aliphatic carbocycles. The van der Waals surface area contributed by atoms with Gasteiger partial charge in [-0.2, -0.15) is 10.1 Å². The lowest BCUT2D eigenvalue weighted by molar-refractivity contribution is -0.126. The van der Waals surface area contributed by atoms with Gasteiger partial charge in [-0.1, -0.05) is 0 Å². The zero-order valence-corrected chi connectivity index (χ0v) is 8.93. The summed E-state index contributed by atoms with van der Waals surface area (Å²) in [4.78, 5) is 26.6. The number of anilines is 1. The maximum absolute atomic E-state index is 11.8. The number of piperidine rings is 1. The van der Waals surface area contributed by atoms with Crippen molar-refractivity contribution in [1.82, 2.24) is 20.1 Å². The molecule has 0 aromatic carbocycles. The van der Waals surface area contributed by atoms with E-state index < -0.39 is 0 Å². The zero-order chi connectivity index (χ0) is 11.5. The van der Waals surface area contributed by atoms with Crippen molar-refractivity contribution >= 4 is 17.8 Å². The Morgan fingerprint density at radius 3 is 3.06 bits per heavy atom. The third-order valence-electron chi connectivity index (χ3n) is 2.58. The number of rotatable bonds is 2. The molecule has 2 N–H and O–H groups in total. The minimum Gasteiger partial charge on any atom is -0.355 e. The topological polar surface area (TPSA) is 88.9 Å².